The number of benzene rings is 2. The van der Waals surface area contributed by atoms with E-state index in [4.69, 9.17) is 15.0 Å². The molecule has 0 atom stereocenters. The molecule has 0 aliphatic carbocycles. The summed E-state index contributed by atoms with van der Waals surface area (Å²) in [6.07, 6.45) is 0. The first-order chi connectivity index (χ1) is 10.2. The number of halogens is 1. The van der Waals surface area contributed by atoms with Crippen LogP contribution in [0.2, 0.25) is 0 Å². The zero-order valence-electron chi connectivity index (χ0n) is 11.3. The van der Waals surface area contributed by atoms with Crippen LogP contribution < -0.4 is 10.5 Å². The van der Waals surface area contributed by atoms with E-state index >= 15 is 0 Å². The highest BCUT2D eigenvalue weighted by molar-refractivity contribution is 5.87. The molecule has 0 amide bonds. The zero-order chi connectivity index (χ0) is 14.8. The van der Waals surface area contributed by atoms with Crippen molar-refractivity contribution in [2.24, 2.45) is 0 Å². The average molecular weight is 284 g/mol. The molecule has 0 saturated heterocycles. The highest BCUT2D eigenvalue weighted by Gasteiger charge is 2.20. The molecule has 0 aliphatic heterocycles. The zero-order valence-corrected chi connectivity index (χ0v) is 11.3. The summed E-state index contributed by atoms with van der Waals surface area (Å²) in [5, 5.41) is 3.76. The molecule has 3 aromatic rings. The van der Waals surface area contributed by atoms with Crippen molar-refractivity contribution in [1.82, 2.24) is 5.16 Å². The van der Waals surface area contributed by atoms with Crippen molar-refractivity contribution in [3.8, 4) is 28.2 Å². The molecule has 3 rings (SSSR count). The second-order valence-corrected chi connectivity index (χ2v) is 4.48. The van der Waals surface area contributed by atoms with Crippen molar-refractivity contribution in [3.05, 3.63) is 54.3 Å². The van der Waals surface area contributed by atoms with E-state index in [1.165, 1.54) is 6.07 Å². The summed E-state index contributed by atoms with van der Waals surface area (Å²) in [5.41, 5.74) is 7.51. The van der Waals surface area contributed by atoms with Crippen LogP contribution in [0.5, 0.6) is 5.75 Å². The molecule has 2 N–H and O–H groups in total. The molecule has 1 aromatic heterocycles. The minimum Gasteiger partial charge on any atom is -0.497 e. The van der Waals surface area contributed by atoms with E-state index in [9.17, 15) is 4.39 Å². The van der Waals surface area contributed by atoms with Crippen molar-refractivity contribution >= 4 is 5.82 Å². The lowest BCUT2D eigenvalue weighted by atomic mass is 10.0. The van der Waals surface area contributed by atoms with Gasteiger partial charge in [0.2, 0.25) is 0 Å². The normalized spacial score (nSPS) is 10.6. The van der Waals surface area contributed by atoms with E-state index < -0.39 is 5.82 Å². The maximum absolute atomic E-state index is 14.0. The SMILES string of the molecule is COc1cccc(-c2c(N)noc2-c2ccccc2F)c1. The van der Waals surface area contributed by atoms with Gasteiger partial charge < -0.3 is 15.0 Å². The highest BCUT2D eigenvalue weighted by atomic mass is 19.1. The maximum atomic E-state index is 14.0. The lowest BCUT2D eigenvalue weighted by Crippen LogP contribution is -1.91. The van der Waals surface area contributed by atoms with Gasteiger partial charge >= 0.3 is 0 Å². The average Bonchev–Trinajstić information content (AvgIpc) is 2.89. The van der Waals surface area contributed by atoms with E-state index in [1.807, 2.05) is 18.2 Å². The van der Waals surface area contributed by atoms with Gasteiger partial charge in [0.15, 0.2) is 11.6 Å². The predicted molar refractivity (Wildman–Crippen MR) is 78.3 cm³/mol. The van der Waals surface area contributed by atoms with Crippen molar-refractivity contribution < 1.29 is 13.7 Å². The summed E-state index contributed by atoms with van der Waals surface area (Å²) in [7, 11) is 1.58. The molecule has 106 valence electrons. The van der Waals surface area contributed by atoms with Crippen LogP contribution in [-0.4, -0.2) is 12.3 Å². The number of hydrogen-bond donors (Lipinski definition) is 1. The molecule has 0 unspecified atom stereocenters. The molecular formula is C16H13FN2O2. The molecular weight excluding hydrogens is 271 g/mol. The summed E-state index contributed by atoms with van der Waals surface area (Å²) in [6, 6.07) is 13.6. The summed E-state index contributed by atoms with van der Waals surface area (Å²) >= 11 is 0. The van der Waals surface area contributed by atoms with Crippen LogP contribution in [0.1, 0.15) is 0 Å². The number of rotatable bonds is 3. The largest absolute Gasteiger partial charge is 0.497 e. The number of nitrogens with two attached hydrogens (primary N) is 1. The molecule has 0 fully saturated rings. The van der Waals surface area contributed by atoms with Gasteiger partial charge in [-0.1, -0.05) is 29.4 Å². The van der Waals surface area contributed by atoms with E-state index in [-0.39, 0.29) is 5.82 Å². The Labute approximate surface area is 120 Å². The lowest BCUT2D eigenvalue weighted by Gasteiger charge is -2.06. The third kappa shape index (κ3) is 2.33. The fourth-order valence-electron chi connectivity index (χ4n) is 2.19. The number of nitrogen functional groups attached to an aromatic ring is 1. The third-order valence-electron chi connectivity index (χ3n) is 3.20. The van der Waals surface area contributed by atoms with Gasteiger partial charge in [-0.25, -0.2) is 4.39 Å². The smallest absolute Gasteiger partial charge is 0.179 e. The van der Waals surface area contributed by atoms with Gasteiger partial charge in [-0.05, 0) is 29.8 Å². The van der Waals surface area contributed by atoms with E-state index in [1.54, 1.807) is 31.4 Å². The van der Waals surface area contributed by atoms with Gasteiger partial charge in [-0.3, -0.25) is 0 Å². The van der Waals surface area contributed by atoms with Gasteiger partial charge in [-0.2, -0.15) is 0 Å². The molecule has 0 spiro atoms. The van der Waals surface area contributed by atoms with E-state index in [2.05, 4.69) is 5.16 Å². The number of ether oxygens (including phenoxy) is 1. The summed E-state index contributed by atoms with van der Waals surface area (Å²) in [4.78, 5) is 0. The Morgan fingerprint density at radius 1 is 1.14 bits per heavy atom. The third-order valence-corrected chi connectivity index (χ3v) is 3.20. The Balaban J connectivity index is 2.20. The van der Waals surface area contributed by atoms with Crippen LogP contribution in [0.3, 0.4) is 0 Å². The first-order valence-corrected chi connectivity index (χ1v) is 6.35. The highest BCUT2D eigenvalue weighted by Crippen LogP contribution is 2.38. The minimum atomic E-state index is -0.391. The molecule has 0 aliphatic rings. The van der Waals surface area contributed by atoms with Gasteiger partial charge in [0.25, 0.3) is 0 Å². The van der Waals surface area contributed by atoms with Crippen LogP contribution in [0, 0.1) is 5.82 Å². The molecule has 21 heavy (non-hydrogen) atoms. The Morgan fingerprint density at radius 2 is 1.95 bits per heavy atom. The monoisotopic (exact) mass is 284 g/mol. The lowest BCUT2D eigenvalue weighted by molar-refractivity contribution is 0.415. The molecule has 0 radical (unpaired) electrons. The van der Waals surface area contributed by atoms with Crippen LogP contribution in [0.25, 0.3) is 22.5 Å². The number of anilines is 1. The van der Waals surface area contributed by atoms with Crippen LogP contribution in [0.15, 0.2) is 53.1 Å². The second-order valence-electron chi connectivity index (χ2n) is 4.48. The molecule has 1 heterocycles. The predicted octanol–water partition coefficient (Wildman–Crippen LogP) is 3.74. The van der Waals surface area contributed by atoms with Crippen LogP contribution in [-0.2, 0) is 0 Å². The first kappa shape index (κ1) is 13.2. The molecule has 5 heteroatoms. The standard InChI is InChI=1S/C16H13FN2O2/c1-20-11-6-4-5-10(9-11)14-15(21-19-16(14)18)12-7-2-3-8-13(12)17/h2-9H,1H3,(H2,18,19). The van der Waals surface area contributed by atoms with Gasteiger partial charge in [0.1, 0.15) is 11.6 Å². The second kappa shape index (κ2) is 5.28. The van der Waals surface area contributed by atoms with Crippen molar-refractivity contribution in [1.29, 1.82) is 0 Å². The molecule has 4 nitrogen and oxygen atoms in total. The molecule has 2 aromatic carbocycles. The van der Waals surface area contributed by atoms with Gasteiger partial charge in [0.05, 0.1) is 18.2 Å². The Kier molecular flexibility index (Phi) is 3.31. The van der Waals surface area contributed by atoms with Gasteiger partial charge in [0, 0.05) is 0 Å². The molecule has 0 saturated carbocycles. The minimum absolute atomic E-state index is 0.210. The van der Waals surface area contributed by atoms with Crippen molar-refractivity contribution in [2.45, 2.75) is 0 Å². The fraction of sp³-hybridized carbons (Fsp3) is 0.0625. The summed E-state index contributed by atoms with van der Waals surface area (Å²) < 4.78 is 24.4. The van der Waals surface area contributed by atoms with Crippen molar-refractivity contribution in [3.63, 3.8) is 0 Å². The Hall–Kier alpha value is -2.82. The number of aromatic nitrogens is 1. The summed E-state index contributed by atoms with van der Waals surface area (Å²) in [6.45, 7) is 0. The number of hydrogen-bond acceptors (Lipinski definition) is 4. The molecule has 0 bridgehead atoms. The van der Waals surface area contributed by atoms with Crippen molar-refractivity contribution in [2.75, 3.05) is 12.8 Å². The van der Waals surface area contributed by atoms with Crippen LogP contribution >= 0.6 is 0 Å². The van der Waals surface area contributed by atoms with E-state index in [0.29, 0.717) is 22.6 Å². The van der Waals surface area contributed by atoms with Gasteiger partial charge in [-0.15, -0.1) is 0 Å². The van der Waals surface area contributed by atoms with Crippen LogP contribution in [0.4, 0.5) is 10.2 Å². The first-order valence-electron chi connectivity index (χ1n) is 6.35. The number of methoxy groups -OCH3 is 1. The topological polar surface area (TPSA) is 61.3 Å². The number of nitrogens with zero attached hydrogens (tertiary/aromatic N) is 1. The summed E-state index contributed by atoms with van der Waals surface area (Å²) in [5.74, 6) is 0.797. The van der Waals surface area contributed by atoms with E-state index in [0.717, 1.165) is 5.56 Å². The fourth-order valence-corrected chi connectivity index (χ4v) is 2.19. The Bertz CT molecular complexity index is 783. The quantitative estimate of drug-likeness (QED) is 0.796. The maximum Gasteiger partial charge on any atom is 0.179 e. The Morgan fingerprint density at radius 3 is 2.71 bits per heavy atom.